The van der Waals surface area contributed by atoms with Crippen molar-refractivity contribution in [3.63, 3.8) is 0 Å². The van der Waals surface area contributed by atoms with Gasteiger partial charge in [0, 0.05) is 18.1 Å². The number of nitrogens with zero attached hydrogens (tertiary/aromatic N) is 1. The van der Waals surface area contributed by atoms with Crippen LogP contribution < -0.4 is 5.73 Å². The molecule has 1 aromatic carbocycles. The molecule has 1 aromatic heterocycles. The molecular formula is C14H19FN2. The molecule has 0 saturated carbocycles. The summed E-state index contributed by atoms with van der Waals surface area (Å²) in [7, 11) is 1.93. The van der Waals surface area contributed by atoms with Crippen molar-refractivity contribution in [3.8, 4) is 0 Å². The highest BCUT2D eigenvalue weighted by atomic mass is 19.1. The Morgan fingerprint density at radius 2 is 2.06 bits per heavy atom. The lowest BCUT2D eigenvalue weighted by Crippen LogP contribution is -2.07. The molecule has 0 fully saturated rings. The molecule has 2 N–H and O–H groups in total. The molecule has 0 atom stereocenters. The number of aromatic nitrogens is 1. The molecule has 0 aliphatic heterocycles. The fraction of sp³-hybridized carbons (Fsp3) is 0.429. The number of aryl methyl sites for hydroxylation is 1. The van der Waals surface area contributed by atoms with Crippen LogP contribution in [0.25, 0.3) is 10.9 Å². The summed E-state index contributed by atoms with van der Waals surface area (Å²) in [4.78, 5) is 0. The first kappa shape index (κ1) is 12.1. The van der Waals surface area contributed by atoms with Gasteiger partial charge in [-0.2, -0.15) is 0 Å². The van der Waals surface area contributed by atoms with Gasteiger partial charge in [-0.25, -0.2) is 4.39 Å². The fourth-order valence-electron chi connectivity index (χ4n) is 2.70. The predicted molar refractivity (Wildman–Crippen MR) is 69.7 cm³/mol. The standard InChI is InChI=1S/C14H19FN2/c1-9(2)13-11(7-8-16)10-5-4-6-12(15)14(10)17(13)3/h4-6,9H,7-8,16H2,1-3H3. The van der Waals surface area contributed by atoms with Gasteiger partial charge in [0.1, 0.15) is 5.82 Å². The highest BCUT2D eigenvalue weighted by molar-refractivity contribution is 5.86. The average Bonchev–Trinajstić information content (AvgIpc) is 2.54. The van der Waals surface area contributed by atoms with Crippen molar-refractivity contribution in [3.05, 3.63) is 35.3 Å². The Labute approximate surface area is 101 Å². The molecule has 17 heavy (non-hydrogen) atoms. The molecule has 0 amide bonds. The van der Waals surface area contributed by atoms with Crippen molar-refractivity contribution >= 4 is 10.9 Å². The van der Waals surface area contributed by atoms with E-state index in [0.717, 1.165) is 11.8 Å². The molecule has 0 radical (unpaired) electrons. The summed E-state index contributed by atoms with van der Waals surface area (Å²) in [5.41, 5.74) is 8.74. The van der Waals surface area contributed by atoms with E-state index in [4.69, 9.17) is 5.73 Å². The third-order valence-corrected chi connectivity index (χ3v) is 3.26. The van der Waals surface area contributed by atoms with E-state index in [1.807, 2.05) is 17.7 Å². The first-order valence-electron chi connectivity index (χ1n) is 6.03. The second-order valence-corrected chi connectivity index (χ2v) is 4.75. The summed E-state index contributed by atoms with van der Waals surface area (Å²) >= 11 is 0. The molecule has 3 heteroatoms. The fourth-order valence-corrected chi connectivity index (χ4v) is 2.70. The van der Waals surface area contributed by atoms with Gasteiger partial charge < -0.3 is 10.3 Å². The second-order valence-electron chi connectivity index (χ2n) is 4.75. The van der Waals surface area contributed by atoms with Crippen LogP contribution in [0.15, 0.2) is 18.2 Å². The van der Waals surface area contributed by atoms with E-state index >= 15 is 0 Å². The van der Waals surface area contributed by atoms with E-state index in [0.29, 0.717) is 18.0 Å². The Morgan fingerprint density at radius 1 is 1.35 bits per heavy atom. The number of hydrogen-bond acceptors (Lipinski definition) is 1. The molecule has 0 bridgehead atoms. The van der Waals surface area contributed by atoms with E-state index in [9.17, 15) is 4.39 Å². The summed E-state index contributed by atoms with van der Waals surface area (Å²) in [6, 6.07) is 5.26. The number of halogens is 1. The lowest BCUT2D eigenvalue weighted by Gasteiger charge is -2.10. The normalized spacial score (nSPS) is 11.6. The Morgan fingerprint density at radius 3 is 2.65 bits per heavy atom. The first-order valence-corrected chi connectivity index (χ1v) is 6.03. The van der Waals surface area contributed by atoms with Gasteiger partial charge in [-0.15, -0.1) is 0 Å². The first-order chi connectivity index (χ1) is 8.07. The maximum absolute atomic E-state index is 13.9. The van der Waals surface area contributed by atoms with Gasteiger partial charge in [0.15, 0.2) is 0 Å². The minimum absolute atomic E-state index is 0.157. The molecule has 0 unspecified atom stereocenters. The number of rotatable bonds is 3. The summed E-state index contributed by atoms with van der Waals surface area (Å²) in [6.45, 7) is 4.85. The van der Waals surface area contributed by atoms with Gasteiger partial charge >= 0.3 is 0 Å². The van der Waals surface area contributed by atoms with Gasteiger partial charge in [0.25, 0.3) is 0 Å². The molecule has 2 aromatic rings. The van der Waals surface area contributed by atoms with E-state index < -0.39 is 0 Å². The van der Waals surface area contributed by atoms with Gasteiger partial charge in [-0.05, 0) is 30.5 Å². The number of benzene rings is 1. The Balaban J connectivity index is 2.83. The smallest absolute Gasteiger partial charge is 0.147 e. The quantitative estimate of drug-likeness (QED) is 0.869. The number of hydrogen-bond donors (Lipinski definition) is 1. The summed E-state index contributed by atoms with van der Waals surface area (Å²) in [5.74, 6) is 0.212. The van der Waals surface area contributed by atoms with Gasteiger partial charge in [0.05, 0.1) is 5.52 Å². The van der Waals surface area contributed by atoms with Crippen molar-refractivity contribution in [1.82, 2.24) is 4.57 Å². The lowest BCUT2D eigenvalue weighted by atomic mass is 10.0. The third kappa shape index (κ3) is 1.84. The molecule has 1 heterocycles. The van der Waals surface area contributed by atoms with E-state index in [-0.39, 0.29) is 5.82 Å². The Hall–Kier alpha value is -1.35. The predicted octanol–water partition coefficient (Wildman–Crippen LogP) is 2.94. The third-order valence-electron chi connectivity index (χ3n) is 3.26. The average molecular weight is 234 g/mol. The minimum atomic E-state index is -0.157. The minimum Gasteiger partial charge on any atom is -0.345 e. The van der Waals surface area contributed by atoms with E-state index in [1.54, 1.807) is 6.07 Å². The lowest BCUT2D eigenvalue weighted by molar-refractivity contribution is 0.627. The molecule has 0 spiro atoms. The van der Waals surface area contributed by atoms with Gasteiger partial charge in [-0.1, -0.05) is 26.0 Å². The van der Waals surface area contributed by atoms with Crippen molar-refractivity contribution in [2.45, 2.75) is 26.2 Å². The molecule has 2 rings (SSSR count). The van der Waals surface area contributed by atoms with E-state index in [1.165, 1.54) is 17.3 Å². The van der Waals surface area contributed by atoms with Gasteiger partial charge in [0.2, 0.25) is 0 Å². The summed E-state index contributed by atoms with van der Waals surface area (Å²) in [5, 5.41) is 1.00. The van der Waals surface area contributed by atoms with Crippen molar-refractivity contribution < 1.29 is 4.39 Å². The van der Waals surface area contributed by atoms with Crippen LogP contribution in [-0.2, 0) is 13.5 Å². The van der Waals surface area contributed by atoms with Crippen LogP contribution in [0.2, 0.25) is 0 Å². The monoisotopic (exact) mass is 234 g/mol. The molecule has 0 saturated heterocycles. The van der Waals surface area contributed by atoms with Crippen molar-refractivity contribution in [2.24, 2.45) is 12.8 Å². The topological polar surface area (TPSA) is 30.9 Å². The number of para-hydroxylation sites is 1. The molecule has 0 aliphatic carbocycles. The van der Waals surface area contributed by atoms with Crippen molar-refractivity contribution in [2.75, 3.05) is 6.54 Å². The van der Waals surface area contributed by atoms with Crippen LogP contribution in [0.3, 0.4) is 0 Å². The SMILES string of the molecule is CC(C)c1c(CCN)c2cccc(F)c2n1C. The van der Waals surface area contributed by atoms with Crippen LogP contribution in [0.5, 0.6) is 0 Å². The molecular weight excluding hydrogens is 215 g/mol. The Bertz CT molecular complexity index is 541. The zero-order chi connectivity index (χ0) is 12.6. The molecule has 2 nitrogen and oxygen atoms in total. The van der Waals surface area contributed by atoms with Crippen molar-refractivity contribution in [1.29, 1.82) is 0 Å². The zero-order valence-corrected chi connectivity index (χ0v) is 10.6. The number of fused-ring (bicyclic) bond motifs is 1. The summed E-state index contributed by atoms with van der Waals surface area (Å²) in [6.07, 6.45) is 0.800. The largest absolute Gasteiger partial charge is 0.345 e. The molecule has 0 aliphatic rings. The molecule has 92 valence electrons. The van der Waals surface area contributed by atoms with Crippen LogP contribution in [0.4, 0.5) is 4.39 Å². The highest BCUT2D eigenvalue weighted by Crippen LogP contribution is 2.31. The van der Waals surface area contributed by atoms with Crippen LogP contribution in [0, 0.1) is 5.82 Å². The van der Waals surface area contributed by atoms with Crippen LogP contribution >= 0.6 is 0 Å². The Kier molecular flexibility index (Phi) is 3.20. The summed E-state index contributed by atoms with van der Waals surface area (Å²) < 4.78 is 15.9. The second kappa shape index (κ2) is 4.49. The zero-order valence-electron chi connectivity index (χ0n) is 10.6. The van der Waals surface area contributed by atoms with Crippen LogP contribution in [-0.4, -0.2) is 11.1 Å². The maximum Gasteiger partial charge on any atom is 0.147 e. The van der Waals surface area contributed by atoms with E-state index in [2.05, 4.69) is 13.8 Å². The number of nitrogens with two attached hydrogens (primary N) is 1. The van der Waals surface area contributed by atoms with Crippen LogP contribution in [0.1, 0.15) is 31.0 Å². The van der Waals surface area contributed by atoms with Gasteiger partial charge in [-0.3, -0.25) is 0 Å². The highest BCUT2D eigenvalue weighted by Gasteiger charge is 2.18. The maximum atomic E-state index is 13.9.